The van der Waals surface area contributed by atoms with Crippen LogP contribution in [-0.2, 0) is 0 Å². The molecule has 22 heavy (non-hydrogen) atoms. The van der Waals surface area contributed by atoms with Crippen molar-refractivity contribution in [2.75, 3.05) is 11.1 Å². The third-order valence-electron chi connectivity index (χ3n) is 3.46. The lowest BCUT2D eigenvalue weighted by Gasteiger charge is -2.14. The second kappa shape index (κ2) is 6.10. The molecule has 0 aliphatic rings. The fraction of sp³-hybridized carbons (Fsp3) is 0.118. The van der Waals surface area contributed by atoms with E-state index in [1.807, 2.05) is 17.5 Å². The van der Waals surface area contributed by atoms with Gasteiger partial charge in [-0.15, -0.1) is 11.3 Å². The Bertz CT molecular complexity index is 786. The summed E-state index contributed by atoms with van der Waals surface area (Å²) in [5, 5.41) is 6.08. The zero-order chi connectivity index (χ0) is 15.7. The maximum Gasteiger partial charge on any atom is 0.180 e. The smallest absolute Gasteiger partial charge is 0.180 e. The van der Waals surface area contributed by atoms with Gasteiger partial charge in [0.25, 0.3) is 0 Å². The molecule has 0 fully saturated rings. The van der Waals surface area contributed by atoms with Gasteiger partial charge >= 0.3 is 0 Å². The van der Waals surface area contributed by atoms with E-state index in [0.29, 0.717) is 5.13 Å². The van der Waals surface area contributed by atoms with E-state index in [1.54, 1.807) is 0 Å². The van der Waals surface area contributed by atoms with Gasteiger partial charge in [0.15, 0.2) is 5.13 Å². The lowest BCUT2D eigenvalue weighted by molar-refractivity contribution is 1.33. The van der Waals surface area contributed by atoms with Crippen LogP contribution in [0.4, 0.5) is 16.5 Å². The minimum Gasteiger partial charge on any atom is -0.375 e. The van der Waals surface area contributed by atoms with Gasteiger partial charge in [-0.2, -0.15) is 0 Å². The van der Waals surface area contributed by atoms with Crippen LogP contribution in [0.15, 0.2) is 46.3 Å². The second-order valence-corrected chi connectivity index (χ2v) is 6.99. The van der Waals surface area contributed by atoms with E-state index in [4.69, 9.17) is 5.73 Å². The molecule has 0 aliphatic heterocycles. The Hall–Kier alpha value is -1.85. The van der Waals surface area contributed by atoms with E-state index < -0.39 is 0 Å². The zero-order valence-corrected chi connectivity index (χ0v) is 14.8. The van der Waals surface area contributed by atoms with E-state index in [2.05, 4.69) is 64.3 Å². The highest BCUT2D eigenvalue weighted by atomic mass is 79.9. The standard InChI is InChI=1S/C17H16BrN3S/c1-10-7-12(15-9-22-17(19)21-15)8-11(2)16(10)20-14-5-3-13(18)4-6-14/h3-9,20H,1-2H3,(H2,19,21). The summed E-state index contributed by atoms with van der Waals surface area (Å²) in [6.07, 6.45) is 0. The number of nitrogens with zero attached hydrogens (tertiary/aromatic N) is 1. The van der Waals surface area contributed by atoms with Crippen molar-refractivity contribution in [3.05, 3.63) is 57.4 Å². The van der Waals surface area contributed by atoms with Gasteiger partial charge in [0.2, 0.25) is 0 Å². The summed E-state index contributed by atoms with van der Waals surface area (Å²) in [7, 11) is 0. The van der Waals surface area contributed by atoms with Gasteiger partial charge in [-0.1, -0.05) is 15.9 Å². The lowest BCUT2D eigenvalue weighted by Crippen LogP contribution is -1.97. The van der Waals surface area contributed by atoms with Crippen LogP contribution >= 0.6 is 27.3 Å². The molecule has 112 valence electrons. The van der Waals surface area contributed by atoms with Crippen LogP contribution in [0.5, 0.6) is 0 Å². The van der Waals surface area contributed by atoms with Gasteiger partial charge in [0, 0.05) is 26.8 Å². The number of anilines is 3. The second-order valence-electron chi connectivity index (χ2n) is 5.19. The molecule has 0 saturated heterocycles. The van der Waals surface area contributed by atoms with Crippen molar-refractivity contribution in [3.8, 4) is 11.3 Å². The van der Waals surface area contributed by atoms with Gasteiger partial charge in [0.1, 0.15) is 0 Å². The number of hydrogen-bond donors (Lipinski definition) is 2. The first-order chi connectivity index (χ1) is 10.5. The Morgan fingerprint density at radius 3 is 2.27 bits per heavy atom. The number of nitrogens with one attached hydrogen (secondary N) is 1. The molecule has 5 heteroatoms. The maximum atomic E-state index is 5.73. The first kappa shape index (κ1) is 15.1. The van der Waals surface area contributed by atoms with Crippen molar-refractivity contribution in [2.45, 2.75) is 13.8 Å². The van der Waals surface area contributed by atoms with Crippen LogP contribution < -0.4 is 11.1 Å². The number of nitrogens with two attached hydrogens (primary N) is 1. The Balaban J connectivity index is 1.94. The third-order valence-corrected chi connectivity index (χ3v) is 4.67. The number of benzene rings is 2. The van der Waals surface area contributed by atoms with Gasteiger partial charge in [-0.05, 0) is 61.4 Å². The molecule has 0 radical (unpaired) electrons. The molecule has 0 unspecified atom stereocenters. The summed E-state index contributed by atoms with van der Waals surface area (Å²) < 4.78 is 1.07. The highest BCUT2D eigenvalue weighted by molar-refractivity contribution is 9.10. The first-order valence-electron chi connectivity index (χ1n) is 6.88. The molecular formula is C17H16BrN3S. The number of thiazole rings is 1. The van der Waals surface area contributed by atoms with Gasteiger partial charge in [-0.3, -0.25) is 0 Å². The Labute approximate surface area is 142 Å². The molecule has 2 aromatic carbocycles. The van der Waals surface area contributed by atoms with E-state index in [1.165, 1.54) is 22.5 Å². The molecule has 0 bridgehead atoms. The van der Waals surface area contributed by atoms with Crippen molar-refractivity contribution in [3.63, 3.8) is 0 Å². The van der Waals surface area contributed by atoms with E-state index in [9.17, 15) is 0 Å². The van der Waals surface area contributed by atoms with Gasteiger partial charge in [-0.25, -0.2) is 4.98 Å². The van der Waals surface area contributed by atoms with Gasteiger partial charge < -0.3 is 11.1 Å². The van der Waals surface area contributed by atoms with Crippen LogP contribution in [0, 0.1) is 13.8 Å². The van der Waals surface area contributed by atoms with Crippen LogP contribution in [0.3, 0.4) is 0 Å². The molecule has 1 aromatic heterocycles. The average Bonchev–Trinajstić information content (AvgIpc) is 2.91. The minimum atomic E-state index is 0.599. The molecule has 3 aromatic rings. The molecule has 0 amide bonds. The largest absolute Gasteiger partial charge is 0.375 e. The first-order valence-corrected chi connectivity index (χ1v) is 8.55. The molecule has 3 N–H and O–H groups in total. The van der Waals surface area contributed by atoms with Crippen molar-refractivity contribution in [1.29, 1.82) is 0 Å². The average molecular weight is 374 g/mol. The molecule has 3 rings (SSSR count). The normalized spacial score (nSPS) is 10.7. The fourth-order valence-electron chi connectivity index (χ4n) is 2.41. The predicted molar refractivity (Wildman–Crippen MR) is 98.9 cm³/mol. The monoisotopic (exact) mass is 373 g/mol. The fourth-order valence-corrected chi connectivity index (χ4v) is 3.24. The molecule has 0 aliphatic carbocycles. The number of hydrogen-bond acceptors (Lipinski definition) is 4. The summed E-state index contributed by atoms with van der Waals surface area (Å²) in [6, 6.07) is 12.4. The minimum absolute atomic E-state index is 0.599. The highest BCUT2D eigenvalue weighted by Crippen LogP contribution is 2.31. The van der Waals surface area contributed by atoms with Crippen LogP contribution in [0.25, 0.3) is 11.3 Å². The Morgan fingerprint density at radius 2 is 1.73 bits per heavy atom. The van der Waals surface area contributed by atoms with Crippen molar-refractivity contribution in [1.82, 2.24) is 4.98 Å². The van der Waals surface area contributed by atoms with E-state index in [-0.39, 0.29) is 0 Å². The molecule has 1 heterocycles. The van der Waals surface area contributed by atoms with Gasteiger partial charge in [0.05, 0.1) is 5.69 Å². The van der Waals surface area contributed by atoms with Crippen molar-refractivity contribution >= 4 is 43.8 Å². The molecule has 3 nitrogen and oxygen atoms in total. The molecular weight excluding hydrogens is 358 g/mol. The molecule has 0 atom stereocenters. The number of rotatable bonds is 3. The highest BCUT2D eigenvalue weighted by Gasteiger charge is 2.09. The SMILES string of the molecule is Cc1cc(-c2csc(N)n2)cc(C)c1Nc1ccc(Br)cc1. The summed E-state index contributed by atoms with van der Waals surface area (Å²) in [4.78, 5) is 4.36. The Morgan fingerprint density at radius 1 is 1.09 bits per heavy atom. The summed E-state index contributed by atoms with van der Waals surface area (Å²) in [5.74, 6) is 0. The van der Waals surface area contributed by atoms with Crippen molar-refractivity contribution in [2.24, 2.45) is 0 Å². The topological polar surface area (TPSA) is 50.9 Å². The van der Waals surface area contributed by atoms with Crippen LogP contribution in [0.1, 0.15) is 11.1 Å². The van der Waals surface area contributed by atoms with E-state index >= 15 is 0 Å². The Kier molecular flexibility index (Phi) is 4.18. The quantitative estimate of drug-likeness (QED) is 0.635. The van der Waals surface area contributed by atoms with Crippen molar-refractivity contribution < 1.29 is 0 Å². The molecule has 0 spiro atoms. The molecule has 0 saturated carbocycles. The number of aromatic nitrogens is 1. The lowest BCUT2D eigenvalue weighted by atomic mass is 10.0. The third kappa shape index (κ3) is 3.15. The summed E-state index contributed by atoms with van der Waals surface area (Å²) in [6.45, 7) is 4.21. The van der Waals surface area contributed by atoms with E-state index in [0.717, 1.165) is 27.1 Å². The summed E-state index contributed by atoms with van der Waals surface area (Å²) in [5.41, 5.74) is 12.3. The number of nitrogen functional groups attached to an aromatic ring is 1. The maximum absolute atomic E-state index is 5.73. The predicted octanol–water partition coefficient (Wildman–Crippen LogP) is 5.52. The number of aryl methyl sites for hydroxylation is 2. The van der Waals surface area contributed by atoms with Crippen LogP contribution in [-0.4, -0.2) is 4.98 Å². The number of halogens is 1. The zero-order valence-electron chi connectivity index (χ0n) is 12.4. The summed E-state index contributed by atoms with van der Waals surface area (Å²) >= 11 is 4.92. The van der Waals surface area contributed by atoms with Crippen LogP contribution in [0.2, 0.25) is 0 Å².